The number of sulfone groups is 1. The molecular weight excluding hydrogens is 472 g/mol. The van der Waals surface area contributed by atoms with E-state index in [4.69, 9.17) is 16.3 Å². The van der Waals surface area contributed by atoms with Gasteiger partial charge in [-0.3, -0.25) is 14.4 Å². The first-order chi connectivity index (χ1) is 15.6. The molecule has 1 saturated heterocycles. The van der Waals surface area contributed by atoms with Crippen molar-refractivity contribution in [2.45, 2.75) is 12.5 Å². The maximum Gasteiger partial charge on any atom is 0.338 e. The highest BCUT2D eigenvalue weighted by atomic mass is 35.5. The van der Waals surface area contributed by atoms with Crippen LogP contribution in [0.25, 0.3) is 0 Å². The van der Waals surface area contributed by atoms with E-state index in [1.165, 1.54) is 42.3 Å². The standard InChI is InChI=1S/C22H19ClN2O7S/c1-24(16-8-9-33(30,31)12-16)19(26)11-32-22(29)13-2-7-17-18(10-13)21(28)25(20(17)27)15-5-3-14(23)4-6-15/h2-7,10,16H,8-9,11-12H2,1H3/t16-/m0/s1. The van der Waals surface area contributed by atoms with Gasteiger partial charge in [-0.05, 0) is 48.9 Å². The van der Waals surface area contributed by atoms with E-state index in [9.17, 15) is 27.6 Å². The van der Waals surface area contributed by atoms with Crippen molar-refractivity contribution in [2.24, 2.45) is 0 Å². The van der Waals surface area contributed by atoms with Gasteiger partial charge in [0.2, 0.25) is 0 Å². The van der Waals surface area contributed by atoms with Crippen LogP contribution in [0.1, 0.15) is 37.5 Å². The molecule has 2 aliphatic heterocycles. The van der Waals surface area contributed by atoms with Gasteiger partial charge in [0.05, 0.1) is 33.9 Å². The van der Waals surface area contributed by atoms with Crippen LogP contribution >= 0.6 is 11.6 Å². The van der Waals surface area contributed by atoms with Gasteiger partial charge in [-0.1, -0.05) is 11.6 Å². The molecule has 0 unspecified atom stereocenters. The zero-order valence-electron chi connectivity index (χ0n) is 17.5. The van der Waals surface area contributed by atoms with Crippen molar-refractivity contribution in [3.8, 4) is 0 Å². The number of ether oxygens (including phenoxy) is 1. The van der Waals surface area contributed by atoms with Crippen molar-refractivity contribution < 1.29 is 32.3 Å². The Bertz CT molecular complexity index is 1270. The zero-order chi connectivity index (χ0) is 23.9. The molecule has 1 atom stereocenters. The van der Waals surface area contributed by atoms with Gasteiger partial charge in [-0.2, -0.15) is 0 Å². The van der Waals surface area contributed by atoms with Crippen molar-refractivity contribution in [3.63, 3.8) is 0 Å². The van der Waals surface area contributed by atoms with Gasteiger partial charge in [0.25, 0.3) is 17.7 Å². The zero-order valence-corrected chi connectivity index (χ0v) is 19.1. The smallest absolute Gasteiger partial charge is 0.338 e. The summed E-state index contributed by atoms with van der Waals surface area (Å²) in [4.78, 5) is 52.6. The van der Waals surface area contributed by atoms with Crippen LogP contribution < -0.4 is 4.90 Å². The summed E-state index contributed by atoms with van der Waals surface area (Å²) < 4.78 is 28.3. The third kappa shape index (κ3) is 4.49. The molecule has 2 aromatic rings. The molecule has 11 heteroatoms. The van der Waals surface area contributed by atoms with Crippen molar-refractivity contribution in [2.75, 3.05) is 30.1 Å². The summed E-state index contributed by atoms with van der Waals surface area (Å²) in [6.07, 6.45) is 0.337. The molecule has 0 saturated carbocycles. The van der Waals surface area contributed by atoms with Crippen molar-refractivity contribution >= 4 is 50.8 Å². The Morgan fingerprint density at radius 1 is 1.09 bits per heavy atom. The Hall–Kier alpha value is -3.24. The maximum absolute atomic E-state index is 12.8. The van der Waals surface area contributed by atoms with Gasteiger partial charge in [0, 0.05) is 18.1 Å². The predicted octanol–water partition coefficient (Wildman–Crippen LogP) is 1.94. The summed E-state index contributed by atoms with van der Waals surface area (Å²) in [5.41, 5.74) is 0.540. The summed E-state index contributed by atoms with van der Waals surface area (Å²) in [6, 6.07) is 9.69. The van der Waals surface area contributed by atoms with Crippen LogP contribution in [0.5, 0.6) is 0 Å². The fourth-order valence-electron chi connectivity index (χ4n) is 3.79. The van der Waals surface area contributed by atoms with E-state index >= 15 is 0 Å². The number of hydrogen-bond donors (Lipinski definition) is 0. The molecule has 4 rings (SSSR count). The van der Waals surface area contributed by atoms with E-state index in [0.717, 1.165) is 4.90 Å². The van der Waals surface area contributed by atoms with Gasteiger partial charge in [0.1, 0.15) is 0 Å². The lowest BCUT2D eigenvalue weighted by Crippen LogP contribution is -2.40. The Morgan fingerprint density at radius 2 is 1.76 bits per heavy atom. The van der Waals surface area contributed by atoms with Crippen molar-refractivity contribution in [1.82, 2.24) is 4.90 Å². The number of benzene rings is 2. The van der Waals surface area contributed by atoms with Crippen LogP contribution in [0, 0.1) is 0 Å². The second-order valence-electron chi connectivity index (χ2n) is 7.82. The normalized spacial score (nSPS) is 18.8. The van der Waals surface area contributed by atoms with Crippen LogP contribution in [0.15, 0.2) is 42.5 Å². The number of esters is 1. The highest BCUT2D eigenvalue weighted by molar-refractivity contribution is 7.91. The second kappa shape index (κ2) is 8.60. The van der Waals surface area contributed by atoms with Crippen molar-refractivity contribution in [1.29, 1.82) is 0 Å². The monoisotopic (exact) mass is 490 g/mol. The van der Waals surface area contributed by atoms with Crippen LogP contribution in [0.3, 0.4) is 0 Å². The summed E-state index contributed by atoms with van der Waals surface area (Å²) in [7, 11) is -1.70. The Morgan fingerprint density at radius 3 is 2.39 bits per heavy atom. The fourth-order valence-corrected chi connectivity index (χ4v) is 5.69. The number of rotatable bonds is 5. The minimum atomic E-state index is -3.16. The van der Waals surface area contributed by atoms with E-state index < -0.39 is 46.2 Å². The lowest BCUT2D eigenvalue weighted by molar-refractivity contribution is -0.134. The lowest BCUT2D eigenvalue weighted by Gasteiger charge is -2.23. The highest BCUT2D eigenvalue weighted by Crippen LogP contribution is 2.30. The second-order valence-corrected chi connectivity index (χ2v) is 10.5. The fraction of sp³-hybridized carbons (Fsp3) is 0.273. The molecule has 0 aliphatic carbocycles. The molecule has 0 radical (unpaired) electrons. The first-order valence-corrected chi connectivity index (χ1v) is 12.2. The molecule has 2 aliphatic rings. The summed E-state index contributed by atoms with van der Waals surface area (Å²) in [5, 5.41) is 0.454. The van der Waals surface area contributed by atoms with E-state index in [1.807, 2.05) is 0 Å². The van der Waals surface area contributed by atoms with Crippen LogP contribution in [0.2, 0.25) is 5.02 Å². The number of carbonyl (C=O) groups is 4. The topological polar surface area (TPSA) is 118 Å². The third-order valence-electron chi connectivity index (χ3n) is 5.68. The number of likely N-dealkylation sites (N-methyl/N-ethyl adjacent to an activating group) is 1. The minimum absolute atomic E-state index is 0.00625. The molecule has 2 aromatic carbocycles. The first kappa shape index (κ1) is 22.9. The van der Waals surface area contributed by atoms with E-state index in [-0.39, 0.29) is 28.2 Å². The number of amides is 3. The van der Waals surface area contributed by atoms with Gasteiger partial charge < -0.3 is 9.64 Å². The predicted molar refractivity (Wildman–Crippen MR) is 119 cm³/mol. The van der Waals surface area contributed by atoms with Crippen molar-refractivity contribution in [3.05, 3.63) is 64.2 Å². The number of hydrogen-bond acceptors (Lipinski definition) is 7. The Balaban J connectivity index is 1.44. The largest absolute Gasteiger partial charge is 0.452 e. The number of halogens is 1. The molecule has 172 valence electrons. The lowest BCUT2D eigenvalue weighted by atomic mass is 10.1. The van der Waals surface area contributed by atoms with Crippen LogP contribution in [0.4, 0.5) is 5.69 Å². The molecule has 33 heavy (non-hydrogen) atoms. The number of imide groups is 1. The molecule has 0 spiro atoms. The van der Waals surface area contributed by atoms with E-state index in [0.29, 0.717) is 17.1 Å². The van der Waals surface area contributed by atoms with Gasteiger partial charge in [-0.15, -0.1) is 0 Å². The number of nitrogens with zero attached hydrogens (tertiary/aromatic N) is 2. The number of carbonyl (C=O) groups excluding carboxylic acids is 4. The minimum Gasteiger partial charge on any atom is -0.452 e. The molecule has 0 N–H and O–H groups in total. The molecule has 0 bridgehead atoms. The summed E-state index contributed by atoms with van der Waals surface area (Å²) in [5.74, 6) is -2.60. The highest BCUT2D eigenvalue weighted by Gasteiger charge is 2.37. The molecule has 2 heterocycles. The number of fused-ring (bicyclic) bond motifs is 1. The first-order valence-electron chi connectivity index (χ1n) is 9.99. The van der Waals surface area contributed by atoms with Crippen LogP contribution in [-0.2, 0) is 19.4 Å². The SMILES string of the molecule is CN(C(=O)COC(=O)c1ccc2c(c1)C(=O)N(c1ccc(Cl)cc1)C2=O)[C@H]1CCS(=O)(=O)C1. The average Bonchev–Trinajstić information content (AvgIpc) is 3.28. The third-order valence-corrected chi connectivity index (χ3v) is 7.69. The summed E-state index contributed by atoms with van der Waals surface area (Å²) in [6.45, 7) is -0.577. The van der Waals surface area contributed by atoms with E-state index in [1.54, 1.807) is 12.1 Å². The molecule has 1 fully saturated rings. The van der Waals surface area contributed by atoms with Crippen LogP contribution in [-0.4, -0.2) is 68.2 Å². The maximum atomic E-state index is 12.8. The van der Waals surface area contributed by atoms with Gasteiger partial charge in [0.15, 0.2) is 16.4 Å². The van der Waals surface area contributed by atoms with Gasteiger partial charge in [-0.25, -0.2) is 18.1 Å². The quantitative estimate of drug-likeness (QED) is 0.464. The molecule has 3 amide bonds. The van der Waals surface area contributed by atoms with Gasteiger partial charge >= 0.3 is 5.97 Å². The van der Waals surface area contributed by atoms with E-state index in [2.05, 4.69) is 0 Å². The number of anilines is 1. The molecule has 0 aromatic heterocycles. The molecular formula is C22H19ClN2O7S. The molecule has 9 nitrogen and oxygen atoms in total. The Kier molecular flexibility index (Phi) is 5.98. The summed E-state index contributed by atoms with van der Waals surface area (Å²) >= 11 is 5.86. The average molecular weight is 491 g/mol. The Labute approximate surface area is 194 Å².